The van der Waals surface area contributed by atoms with Crippen LogP contribution in [0.2, 0.25) is 5.02 Å². The van der Waals surface area contributed by atoms with Gasteiger partial charge in [0.2, 0.25) is 5.91 Å². The largest absolute Gasteiger partial charge is 0.326 e. The van der Waals surface area contributed by atoms with Crippen molar-refractivity contribution < 1.29 is 4.79 Å². The van der Waals surface area contributed by atoms with E-state index in [1.165, 1.54) is 16.3 Å². The number of fused-ring (bicyclic) bond motifs is 1. The van der Waals surface area contributed by atoms with E-state index in [0.29, 0.717) is 11.4 Å². The van der Waals surface area contributed by atoms with Crippen molar-refractivity contribution in [3.05, 3.63) is 76.8 Å². The van der Waals surface area contributed by atoms with Crippen LogP contribution in [-0.4, -0.2) is 48.4 Å². The fraction of sp³-hybridized carbons (Fsp3) is 0.320. The summed E-state index contributed by atoms with van der Waals surface area (Å²) in [7, 11) is 0. The number of carbonyl (C=O) groups excluding carboxylic acids is 1. The van der Waals surface area contributed by atoms with E-state index in [1.54, 1.807) is 0 Å². The Morgan fingerprint density at radius 1 is 0.933 bits per heavy atom. The smallest absolute Gasteiger partial charge is 0.225 e. The number of nitrogens with zero attached hydrogens (tertiary/aromatic N) is 2. The first kappa shape index (κ1) is 20.9. The number of piperazine rings is 1. The van der Waals surface area contributed by atoms with Gasteiger partial charge >= 0.3 is 0 Å². The van der Waals surface area contributed by atoms with Crippen molar-refractivity contribution in [2.45, 2.75) is 19.9 Å². The van der Waals surface area contributed by atoms with Gasteiger partial charge < -0.3 is 10.2 Å². The predicted octanol–water partition coefficient (Wildman–Crippen LogP) is 4.95. The third-order valence-corrected chi connectivity index (χ3v) is 6.35. The van der Waals surface area contributed by atoms with Gasteiger partial charge in [0.25, 0.3) is 0 Å². The maximum Gasteiger partial charge on any atom is 0.225 e. The lowest BCUT2D eigenvalue weighted by Gasteiger charge is -2.34. The average Bonchev–Trinajstić information content (AvgIpc) is 2.77. The molecular formula is C25H28ClN3O. The highest BCUT2D eigenvalue weighted by Crippen LogP contribution is 2.23. The molecule has 0 bridgehead atoms. The van der Waals surface area contributed by atoms with Gasteiger partial charge in [-0.05, 0) is 41.0 Å². The third kappa shape index (κ3) is 5.01. The second kappa shape index (κ2) is 9.61. The van der Waals surface area contributed by atoms with Crippen molar-refractivity contribution in [2.75, 3.05) is 38.0 Å². The lowest BCUT2D eigenvalue weighted by molar-refractivity contribution is -0.116. The highest BCUT2D eigenvalue weighted by atomic mass is 35.5. The Bertz CT molecular complexity index is 1020. The van der Waals surface area contributed by atoms with Crippen LogP contribution in [0.4, 0.5) is 5.69 Å². The van der Waals surface area contributed by atoms with Crippen molar-refractivity contribution in [3.63, 3.8) is 0 Å². The SMILES string of the molecule is Cc1c(Cl)cccc1NC(=O)CCN1CCN(Cc2cccc3ccccc23)CC1. The van der Waals surface area contributed by atoms with Crippen molar-refractivity contribution in [2.24, 2.45) is 0 Å². The Kier molecular flexibility index (Phi) is 6.68. The van der Waals surface area contributed by atoms with Crippen LogP contribution in [0, 0.1) is 6.92 Å². The molecule has 1 amide bonds. The Labute approximate surface area is 183 Å². The van der Waals surface area contributed by atoms with Crippen LogP contribution in [-0.2, 0) is 11.3 Å². The van der Waals surface area contributed by atoms with E-state index in [2.05, 4.69) is 57.6 Å². The molecule has 1 aliphatic rings. The molecule has 1 saturated heterocycles. The van der Waals surface area contributed by atoms with E-state index < -0.39 is 0 Å². The van der Waals surface area contributed by atoms with E-state index in [9.17, 15) is 4.79 Å². The van der Waals surface area contributed by atoms with Gasteiger partial charge in [0, 0.05) is 56.4 Å². The van der Waals surface area contributed by atoms with Crippen LogP contribution in [0.5, 0.6) is 0 Å². The predicted molar refractivity (Wildman–Crippen MR) is 125 cm³/mol. The minimum absolute atomic E-state index is 0.0403. The van der Waals surface area contributed by atoms with Gasteiger partial charge in [-0.25, -0.2) is 0 Å². The van der Waals surface area contributed by atoms with Gasteiger partial charge in [-0.1, -0.05) is 60.1 Å². The second-order valence-electron chi connectivity index (χ2n) is 7.97. The number of rotatable bonds is 6. The van der Waals surface area contributed by atoms with E-state index in [4.69, 9.17) is 11.6 Å². The zero-order valence-corrected chi connectivity index (χ0v) is 18.2. The second-order valence-corrected chi connectivity index (χ2v) is 8.37. The first-order chi connectivity index (χ1) is 14.6. The Balaban J connectivity index is 1.25. The molecule has 5 heteroatoms. The summed E-state index contributed by atoms with van der Waals surface area (Å²) in [4.78, 5) is 17.2. The van der Waals surface area contributed by atoms with Crippen LogP contribution in [0.25, 0.3) is 10.8 Å². The molecule has 0 aromatic heterocycles. The number of nitrogens with one attached hydrogen (secondary N) is 1. The van der Waals surface area contributed by atoms with E-state index in [0.717, 1.165) is 50.5 Å². The molecule has 3 aromatic carbocycles. The molecule has 1 fully saturated rings. The molecule has 1 heterocycles. The molecule has 0 saturated carbocycles. The molecule has 4 rings (SSSR count). The number of carbonyl (C=O) groups is 1. The summed E-state index contributed by atoms with van der Waals surface area (Å²) in [6.45, 7) is 7.73. The number of halogens is 1. The van der Waals surface area contributed by atoms with Gasteiger partial charge in [0.05, 0.1) is 0 Å². The van der Waals surface area contributed by atoms with Gasteiger partial charge in [-0.2, -0.15) is 0 Å². The summed E-state index contributed by atoms with van der Waals surface area (Å²) in [5.41, 5.74) is 3.10. The summed E-state index contributed by atoms with van der Waals surface area (Å²) in [6.07, 6.45) is 0.495. The van der Waals surface area contributed by atoms with Gasteiger partial charge in [0.1, 0.15) is 0 Å². The van der Waals surface area contributed by atoms with Crippen molar-refractivity contribution in [3.8, 4) is 0 Å². The first-order valence-electron chi connectivity index (χ1n) is 10.6. The monoisotopic (exact) mass is 421 g/mol. The Morgan fingerprint density at radius 3 is 2.47 bits per heavy atom. The van der Waals surface area contributed by atoms with Crippen LogP contribution in [0.15, 0.2) is 60.7 Å². The number of anilines is 1. The summed E-state index contributed by atoms with van der Waals surface area (Å²) < 4.78 is 0. The van der Waals surface area contributed by atoms with Crippen LogP contribution < -0.4 is 5.32 Å². The number of hydrogen-bond acceptors (Lipinski definition) is 3. The minimum atomic E-state index is 0.0403. The molecule has 0 spiro atoms. The lowest BCUT2D eigenvalue weighted by atomic mass is 10.0. The zero-order valence-electron chi connectivity index (χ0n) is 17.4. The topological polar surface area (TPSA) is 35.6 Å². The first-order valence-corrected chi connectivity index (χ1v) is 10.9. The van der Waals surface area contributed by atoms with Crippen molar-refractivity contribution in [1.82, 2.24) is 9.80 Å². The van der Waals surface area contributed by atoms with E-state index >= 15 is 0 Å². The molecule has 156 valence electrons. The Hall–Kier alpha value is -2.40. The normalized spacial score (nSPS) is 15.4. The molecule has 0 unspecified atom stereocenters. The molecule has 3 aromatic rings. The molecule has 30 heavy (non-hydrogen) atoms. The summed E-state index contributed by atoms with van der Waals surface area (Å²) in [6, 6.07) is 20.7. The molecule has 1 aliphatic heterocycles. The van der Waals surface area contributed by atoms with E-state index in [1.807, 2.05) is 25.1 Å². The molecule has 0 atom stereocenters. The zero-order chi connectivity index (χ0) is 20.9. The standard InChI is InChI=1S/C25H28ClN3O/c1-19-23(26)10-5-11-24(19)27-25(30)12-13-28-14-16-29(17-15-28)18-21-8-4-7-20-6-2-3-9-22(20)21/h2-11H,12-18H2,1H3,(H,27,30). The quantitative estimate of drug-likeness (QED) is 0.611. The maximum absolute atomic E-state index is 12.4. The fourth-order valence-corrected chi connectivity index (χ4v) is 4.23. The minimum Gasteiger partial charge on any atom is -0.326 e. The summed E-state index contributed by atoms with van der Waals surface area (Å²) in [5, 5.41) is 6.31. The third-order valence-electron chi connectivity index (χ3n) is 5.94. The molecule has 1 N–H and O–H groups in total. The average molecular weight is 422 g/mol. The van der Waals surface area contributed by atoms with E-state index in [-0.39, 0.29) is 5.91 Å². The Morgan fingerprint density at radius 2 is 1.63 bits per heavy atom. The highest BCUT2D eigenvalue weighted by molar-refractivity contribution is 6.31. The van der Waals surface area contributed by atoms with Crippen LogP contribution in [0.1, 0.15) is 17.5 Å². The van der Waals surface area contributed by atoms with Crippen LogP contribution >= 0.6 is 11.6 Å². The van der Waals surface area contributed by atoms with Crippen LogP contribution in [0.3, 0.4) is 0 Å². The number of hydrogen-bond donors (Lipinski definition) is 1. The van der Waals surface area contributed by atoms with Gasteiger partial charge in [0.15, 0.2) is 0 Å². The summed E-state index contributed by atoms with van der Waals surface area (Å²) in [5.74, 6) is 0.0403. The highest BCUT2D eigenvalue weighted by Gasteiger charge is 2.18. The molecule has 0 aliphatic carbocycles. The number of benzene rings is 3. The van der Waals surface area contributed by atoms with Gasteiger partial charge in [-0.15, -0.1) is 0 Å². The number of amides is 1. The molecule has 4 nitrogen and oxygen atoms in total. The molecule has 0 radical (unpaired) electrons. The molecular weight excluding hydrogens is 394 g/mol. The summed E-state index contributed by atoms with van der Waals surface area (Å²) >= 11 is 6.14. The van der Waals surface area contributed by atoms with Crippen molar-refractivity contribution >= 4 is 34.0 Å². The fourth-order valence-electron chi connectivity index (χ4n) is 4.06. The van der Waals surface area contributed by atoms with Crippen molar-refractivity contribution in [1.29, 1.82) is 0 Å². The maximum atomic E-state index is 12.4. The van der Waals surface area contributed by atoms with Gasteiger partial charge in [-0.3, -0.25) is 9.69 Å². The lowest BCUT2D eigenvalue weighted by Crippen LogP contribution is -2.46.